The van der Waals surface area contributed by atoms with Gasteiger partial charge >= 0.3 is 12.0 Å². The molecule has 104 valence electrons. The molecule has 3 N–H and O–H groups in total. The highest BCUT2D eigenvalue weighted by atomic mass is 35.5. The molecule has 0 aliphatic heterocycles. The van der Waals surface area contributed by atoms with Crippen LogP contribution in [-0.4, -0.2) is 30.2 Å². The van der Waals surface area contributed by atoms with Crippen LogP contribution in [0, 0.1) is 5.41 Å². The molecule has 1 saturated carbocycles. The lowest BCUT2D eigenvalue weighted by atomic mass is 10.1. The third kappa shape index (κ3) is 3.84. The SMILES string of the molecule is O=C(NCCc1ccc(Cl)s1)NCC1(C(=O)O)CC1. The number of carboxylic acid groups (broad SMARTS) is 1. The number of amides is 2. The third-order valence-electron chi connectivity index (χ3n) is 3.18. The van der Waals surface area contributed by atoms with Gasteiger partial charge < -0.3 is 15.7 Å². The van der Waals surface area contributed by atoms with Crippen LogP contribution in [0.5, 0.6) is 0 Å². The van der Waals surface area contributed by atoms with Crippen molar-refractivity contribution in [3.63, 3.8) is 0 Å². The summed E-state index contributed by atoms with van der Waals surface area (Å²) in [5.41, 5.74) is -0.724. The maximum Gasteiger partial charge on any atom is 0.314 e. The number of carbonyl (C=O) groups excluding carboxylic acids is 1. The van der Waals surface area contributed by atoms with Gasteiger partial charge in [-0.25, -0.2) is 4.79 Å². The highest BCUT2D eigenvalue weighted by Crippen LogP contribution is 2.45. The van der Waals surface area contributed by atoms with E-state index in [-0.39, 0.29) is 12.6 Å². The summed E-state index contributed by atoms with van der Waals surface area (Å²) in [5.74, 6) is -0.832. The summed E-state index contributed by atoms with van der Waals surface area (Å²) in [4.78, 5) is 23.5. The van der Waals surface area contributed by atoms with Crippen molar-refractivity contribution in [1.82, 2.24) is 10.6 Å². The van der Waals surface area contributed by atoms with Crippen molar-refractivity contribution in [3.05, 3.63) is 21.3 Å². The Hall–Kier alpha value is -1.27. The summed E-state index contributed by atoms with van der Waals surface area (Å²) in [6.07, 6.45) is 1.99. The second-order valence-corrected chi connectivity index (χ2v) is 6.45. The Morgan fingerprint density at radius 2 is 2.11 bits per heavy atom. The van der Waals surface area contributed by atoms with Gasteiger partial charge in [0.15, 0.2) is 0 Å². The number of nitrogens with one attached hydrogen (secondary N) is 2. The minimum absolute atomic E-state index is 0.193. The molecule has 1 aromatic heterocycles. The van der Waals surface area contributed by atoms with Crippen molar-refractivity contribution in [3.8, 4) is 0 Å². The fourth-order valence-corrected chi connectivity index (χ4v) is 2.80. The zero-order valence-electron chi connectivity index (χ0n) is 10.2. The van der Waals surface area contributed by atoms with E-state index in [1.807, 2.05) is 12.1 Å². The van der Waals surface area contributed by atoms with E-state index in [0.29, 0.717) is 19.4 Å². The van der Waals surface area contributed by atoms with E-state index in [0.717, 1.165) is 15.6 Å². The molecule has 2 amide bonds. The Labute approximate surface area is 120 Å². The van der Waals surface area contributed by atoms with Crippen molar-refractivity contribution in [1.29, 1.82) is 0 Å². The standard InChI is InChI=1S/C12H15ClN2O3S/c13-9-2-1-8(19-9)3-6-14-11(18)15-7-12(4-5-12)10(16)17/h1-2H,3-7H2,(H,16,17)(H2,14,15,18). The number of rotatable bonds is 6. The minimum atomic E-state index is -0.832. The summed E-state index contributed by atoms with van der Waals surface area (Å²) >= 11 is 7.29. The first-order valence-corrected chi connectivity index (χ1v) is 7.21. The van der Waals surface area contributed by atoms with Crippen LogP contribution in [0.1, 0.15) is 17.7 Å². The van der Waals surface area contributed by atoms with Crippen molar-refractivity contribution in [2.24, 2.45) is 5.41 Å². The highest BCUT2D eigenvalue weighted by molar-refractivity contribution is 7.16. The van der Waals surface area contributed by atoms with E-state index in [9.17, 15) is 9.59 Å². The molecular formula is C12H15ClN2O3S. The van der Waals surface area contributed by atoms with Gasteiger partial charge in [-0.15, -0.1) is 11.3 Å². The average molecular weight is 303 g/mol. The van der Waals surface area contributed by atoms with Gasteiger partial charge in [0.05, 0.1) is 9.75 Å². The first kappa shape index (κ1) is 14.1. The van der Waals surface area contributed by atoms with Crippen LogP contribution in [0.25, 0.3) is 0 Å². The highest BCUT2D eigenvalue weighted by Gasteiger charge is 2.50. The lowest BCUT2D eigenvalue weighted by Crippen LogP contribution is -2.41. The van der Waals surface area contributed by atoms with Crippen molar-refractivity contribution < 1.29 is 14.7 Å². The second-order valence-electron chi connectivity index (χ2n) is 4.65. The first-order chi connectivity index (χ1) is 9.02. The van der Waals surface area contributed by atoms with Gasteiger partial charge in [0.2, 0.25) is 0 Å². The first-order valence-electron chi connectivity index (χ1n) is 6.01. The molecule has 0 aromatic carbocycles. The molecule has 1 aliphatic rings. The molecule has 1 aromatic rings. The number of carboxylic acids is 1. The van der Waals surface area contributed by atoms with Gasteiger partial charge in [0, 0.05) is 18.0 Å². The largest absolute Gasteiger partial charge is 0.481 e. The topological polar surface area (TPSA) is 78.4 Å². The van der Waals surface area contributed by atoms with E-state index in [1.54, 1.807) is 0 Å². The maximum absolute atomic E-state index is 11.5. The van der Waals surface area contributed by atoms with Gasteiger partial charge in [-0.1, -0.05) is 11.6 Å². The van der Waals surface area contributed by atoms with Crippen LogP contribution < -0.4 is 10.6 Å². The number of thiophene rings is 1. The Kier molecular flexibility index (Phi) is 4.31. The van der Waals surface area contributed by atoms with Crippen molar-refractivity contribution in [2.75, 3.05) is 13.1 Å². The minimum Gasteiger partial charge on any atom is -0.481 e. The van der Waals surface area contributed by atoms with Gasteiger partial charge in [0.1, 0.15) is 0 Å². The van der Waals surface area contributed by atoms with Crippen LogP contribution in [0.2, 0.25) is 4.34 Å². The van der Waals surface area contributed by atoms with E-state index in [4.69, 9.17) is 16.7 Å². The van der Waals surface area contributed by atoms with E-state index < -0.39 is 11.4 Å². The fourth-order valence-electron chi connectivity index (χ4n) is 1.71. The molecule has 1 aliphatic carbocycles. The van der Waals surface area contributed by atoms with Gasteiger partial charge in [0.25, 0.3) is 0 Å². The normalized spacial score (nSPS) is 15.8. The van der Waals surface area contributed by atoms with E-state index >= 15 is 0 Å². The molecule has 0 atom stereocenters. The summed E-state index contributed by atoms with van der Waals surface area (Å²) < 4.78 is 0.733. The molecule has 19 heavy (non-hydrogen) atoms. The Balaban J connectivity index is 1.64. The molecular weight excluding hydrogens is 288 g/mol. The van der Waals surface area contributed by atoms with Gasteiger partial charge in [-0.2, -0.15) is 0 Å². The summed E-state index contributed by atoms with van der Waals surface area (Å²) in [7, 11) is 0. The summed E-state index contributed by atoms with van der Waals surface area (Å²) in [6, 6.07) is 3.43. The summed E-state index contributed by atoms with van der Waals surface area (Å²) in [6.45, 7) is 0.696. The molecule has 0 radical (unpaired) electrons. The molecule has 7 heteroatoms. The summed E-state index contributed by atoms with van der Waals surface area (Å²) in [5, 5.41) is 14.3. The lowest BCUT2D eigenvalue weighted by molar-refractivity contribution is -0.143. The number of carbonyl (C=O) groups is 2. The van der Waals surface area contributed by atoms with Gasteiger partial charge in [-0.05, 0) is 31.4 Å². The smallest absolute Gasteiger partial charge is 0.314 e. The average Bonchev–Trinajstić information content (AvgIpc) is 3.05. The van der Waals surface area contributed by atoms with Crippen molar-refractivity contribution >= 4 is 34.9 Å². The lowest BCUT2D eigenvalue weighted by Gasteiger charge is -2.11. The zero-order valence-corrected chi connectivity index (χ0v) is 11.8. The van der Waals surface area contributed by atoms with Crippen LogP contribution in [0.4, 0.5) is 4.79 Å². The number of hydrogen-bond donors (Lipinski definition) is 3. The maximum atomic E-state index is 11.5. The van der Waals surface area contributed by atoms with E-state index in [1.165, 1.54) is 11.3 Å². The van der Waals surface area contributed by atoms with Crippen LogP contribution in [0.15, 0.2) is 12.1 Å². The second kappa shape index (κ2) is 5.79. The molecule has 0 saturated heterocycles. The molecule has 0 spiro atoms. The number of hydrogen-bond acceptors (Lipinski definition) is 3. The van der Waals surface area contributed by atoms with Crippen molar-refractivity contribution in [2.45, 2.75) is 19.3 Å². The molecule has 1 fully saturated rings. The quantitative estimate of drug-likeness (QED) is 0.753. The van der Waals surface area contributed by atoms with Crippen LogP contribution >= 0.6 is 22.9 Å². The molecule has 5 nitrogen and oxygen atoms in total. The fraction of sp³-hybridized carbons (Fsp3) is 0.500. The van der Waals surface area contributed by atoms with Crippen LogP contribution in [0.3, 0.4) is 0 Å². The number of urea groups is 1. The Morgan fingerprint density at radius 1 is 1.37 bits per heavy atom. The van der Waals surface area contributed by atoms with E-state index in [2.05, 4.69) is 10.6 Å². The Bertz CT molecular complexity index is 485. The number of halogens is 1. The predicted molar refractivity (Wildman–Crippen MR) is 73.7 cm³/mol. The molecule has 2 rings (SSSR count). The van der Waals surface area contributed by atoms with Gasteiger partial charge in [-0.3, -0.25) is 4.79 Å². The molecule has 0 unspecified atom stereocenters. The molecule has 1 heterocycles. The molecule has 0 bridgehead atoms. The zero-order chi connectivity index (χ0) is 13.9. The van der Waals surface area contributed by atoms with Crippen LogP contribution in [-0.2, 0) is 11.2 Å². The predicted octanol–water partition coefficient (Wildman–Crippen LogP) is 2.11. The number of aliphatic carboxylic acids is 1. The third-order valence-corrected chi connectivity index (χ3v) is 4.47. The Morgan fingerprint density at radius 3 is 2.63 bits per heavy atom. The monoisotopic (exact) mass is 302 g/mol.